The van der Waals surface area contributed by atoms with Crippen molar-refractivity contribution < 1.29 is 23.5 Å². The molecule has 5 aromatic rings. The molecular formula is C30H22FN5O4. The Morgan fingerprint density at radius 3 is 2.52 bits per heavy atom. The number of carboxylic acids is 1. The third-order valence-electron chi connectivity index (χ3n) is 6.88. The molecule has 3 N–H and O–H groups in total. The van der Waals surface area contributed by atoms with Crippen LogP contribution in [0.25, 0.3) is 34.7 Å². The molecule has 1 aliphatic heterocycles. The highest BCUT2D eigenvalue weighted by Gasteiger charge is 2.30. The molecule has 2 aromatic heterocycles. The molecule has 0 spiro atoms. The summed E-state index contributed by atoms with van der Waals surface area (Å²) in [5.41, 5.74) is 6.01. The van der Waals surface area contributed by atoms with Crippen molar-refractivity contribution in [3.05, 3.63) is 112 Å². The molecule has 10 heteroatoms. The number of hydrogen-bond acceptors (Lipinski definition) is 6. The quantitative estimate of drug-likeness (QED) is 0.262. The summed E-state index contributed by atoms with van der Waals surface area (Å²) < 4.78 is 19.0. The van der Waals surface area contributed by atoms with Crippen LogP contribution in [-0.4, -0.2) is 37.4 Å². The number of rotatable bonds is 6. The Hall–Kier alpha value is -5.38. The maximum Gasteiger partial charge on any atom is 0.335 e. The summed E-state index contributed by atoms with van der Waals surface area (Å²) in [6, 6.07) is 17.4. The Kier molecular flexibility index (Phi) is 6.27. The monoisotopic (exact) mass is 535 g/mol. The van der Waals surface area contributed by atoms with Crippen LogP contribution in [0.1, 0.15) is 55.2 Å². The number of carboxylic acid groups (broad SMARTS) is 1. The minimum atomic E-state index is -1.03. The molecule has 0 saturated heterocycles. The van der Waals surface area contributed by atoms with Crippen LogP contribution < -0.4 is 5.32 Å². The lowest BCUT2D eigenvalue weighted by molar-refractivity contribution is 0.0696. The number of fused-ring (bicyclic) bond motifs is 1. The zero-order valence-corrected chi connectivity index (χ0v) is 21.2. The average molecular weight is 536 g/mol. The lowest BCUT2D eigenvalue weighted by Gasteiger charge is -2.27. The van der Waals surface area contributed by atoms with Crippen LogP contribution in [0.2, 0.25) is 0 Å². The summed E-state index contributed by atoms with van der Waals surface area (Å²) in [6.45, 7) is 1.98. The predicted octanol–water partition coefficient (Wildman–Crippen LogP) is 5.47. The second kappa shape index (κ2) is 10.1. The second-order valence-electron chi connectivity index (χ2n) is 9.40. The standard InChI is InChI=1S/C30H22FN5O4/c1-16-3-2-4-21-22(16)15-24(32-28(21)37)27-26(17-5-7-19(8-6-17)30(38)39)23(33-35-27)13-14-25-34-36-29(40-25)18-9-11-20(31)12-10-18/h2-14,24H,15H2,1H3,(H,32,37)(H,33,35)(H,38,39)/b14-13+. The first-order chi connectivity index (χ1) is 19.4. The number of aromatic nitrogens is 4. The van der Waals surface area contributed by atoms with Crippen LogP contribution in [0.15, 0.2) is 71.1 Å². The lowest BCUT2D eigenvalue weighted by Crippen LogP contribution is -2.36. The van der Waals surface area contributed by atoms with Crippen LogP contribution >= 0.6 is 0 Å². The van der Waals surface area contributed by atoms with Crippen molar-refractivity contribution >= 4 is 24.0 Å². The molecule has 0 fully saturated rings. The van der Waals surface area contributed by atoms with Crippen molar-refractivity contribution in [2.24, 2.45) is 0 Å². The molecule has 198 valence electrons. The van der Waals surface area contributed by atoms with Crippen LogP contribution in [-0.2, 0) is 6.42 Å². The fourth-order valence-electron chi connectivity index (χ4n) is 4.84. The van der Waals surface area contributed by atoms with Gasteiger partial charge in [-0.25, -0.2) is 9.18 Å². The first kappa shape index (κ1) is 24.9. The predicted molar refractivity (Wildman–Crippen MR) is 145 cm³/mol. The number of aromatic amines is 1. The number of nitrogens with zero attached hydrogens (tertiary/aromatic N) is 3. The average Bonchev–Trinajstić information content (AvgIpc) is 3.60. The Labute approximate surface area is 227 Å². The van der Waals surface area contributed by atoms with E-state index in [2.05, 4.69) is 25.7 Å². The maximum absolute atomic E-state index is 13.3. The largest absolute Gasteiger partial charge is 0.478 e. The number of aryl methyl sites for hydroxylation is 1. The molecule has 1 amide bonds. The Bertz CT molecular complexity index is 1770. The number of nitrogens with one attached hydrogen (secondary N) is 2. The molecule has 3 aromatic carbocycles. The van der Waals surface area contributed by atoms with Gasteiger partial charge in [-0.15, -0.1) is 10.2 Å². The van der Waals surface area contributed by atoms with Crippen molar-refractivity contribution in [1.29, 1.82) is 0 Å². The number of carbonyl (C=O) groups excluding carboxylic acids is 1. The number of halogens is 1. The molecule has 6 rings (SSSR count). The topological polar surface area (TPSA) is 134 Å². The Balaban J connectivity index is 1.38. The fraction of sp³-hybridized carbons (Fsp3) is 0.100. The molecule has 9 nitrogen and oxygen atoms in total. The van der Waals surface area contributed by atoms with Crippen LogP contribution in [0.3, 0.4) is 0 Å². The number of aromatic carboxylic acids is 1. The number of amides is 1. The van der Waals surface area contributed by atoms with Gasteiger partial charge in [-0.05, 0) is 78.6 Å². The summed E-state index contributed by atoms with van der Waals surface area (Å²) in [5, 5.41) is 28.1. The van der Waals surface area contributed by atoms with E-state index in [1.54, 1.807) is 36.4 Å². The van der Waals surface area contributed by atoms with Crippen LogP contribution in [0.5, 0.6) is 0 Å². The minimum absolute atomic E-state index is 0.153. The molecule has 0 bridgehead atoms. The summed E-state index contributed by atoms with van der Waals surface area (Å²) in [4.78, 5) is 24.4. The van der Waals surface area contributed by atoms with Gasteiger partial charge in [-0.2, -0.15) is 5.10 Å². The molecule has 1 atom stereocenters. The third kappa shape index (κ3) is 4.66. The van der Waals surface area contributed by atoms with E-state index < -0.39 is 12.0 Å². The molecule has 3 heterocycles. The zero-order chi connectivity index (χ0) is 27.8. The smallest absolute Gasteiger partial charge is 0.335 e. The number of carbonyl (C=O) groups is 2. The maximum atomic E-state index is 13.3. The van der Waals surface area contributed by atoms with Gasteiger partial charge in [0.2, 0.25) is 11.8 Å². The summed E-state index contributed by atoms with van der Waals surface area (Å²) in [6.07, 6.45) is 3.87. The van der Waals surface area contributed by atoms with E-state index in [9.17, 15) is 19.1 Å². The van der Waals surface area contributed by atoms with Crippen molar-refractivity contribution in [2.45, 2.75) is 19.4 Å². The number of H-pyrrole nitrogens is 1. The van der Waals surface area contributed by atoms with Gasteiger partial charge in [-0.1, -0.05) is 24.3 Å². The highest BCUT2D eigenvalue weighted by atomic mass is 19.1. The molecule has 1 unspecified atom stereocenters. The summed E-state index contributed by atoms with van der Waals surface area (Å²) >= 11 is 0. The van der Waals surface area contributed by atoms with E-state index in [4.69, 9.17) is 4.42 Å². The van der Waals surface area contributed by atoms with Crippen molar-refractivity contribution in [2.75, 3.05) is 0 Å². The lowest BCUT2D eigenvalue weighted by atomic mass is 9.88. The molecule has 0 saturated carbocycles. The summed E-state index contributed by atoms with van der Waals surface area (Å²) in [7, 11) is 0. The molecule has 0 aliphatic carbocycles. The van der Waals surface area contributed by atoms with E-state index in [1.807, 2.05) is 25.1 Å². The summed E-state index contributed by atoms with van der Waals surface area (Å²) in [5.74, 6) is -1.11. The van der Waals surface area contributed by atoms with Gasteiger partial charge in [0.25, 0.3) is 5.91 Å². The molecular weight excluding hydrogens is 513 g/mol. The Morgan fingerprint density at radius 1 is 1.02 bits per heavy atom. The van der Waals surface area contributed by atoms with Crippen molar-refractivity contribution in [3.63, 3.8) is 0 Å². The van der Waals surface area contributed by atoms with Gasteiger partial charge in [-0.3, -0.25) is 9.89 Å². The third-order valence-corrected chi connectivity index (χ3v) is 6.88. The van der Waals surface area contributed by atoms with Crippen molar-refractivity contribution in [1.82, 2.24) is 25.7 Å². The van der Waals surface area contributed by atoms with Gasteiger partial charge in [0.05, 0.1) is 23.0 Å². The normalized spacial score (nSPS) is 14.8. The van der Waals surface area contributed by atoms with E-state index in [0.29, 0.717) is 34.5 Å². The van der Waals surface area contributed by atoms with Crippen LogP contribution in [0.4, 0.5) is 4.39 Å². The van der Waals surface area contributed by atoms with Gasteiger partial charge in [0.1, 0.15) is 5.82 Å². The Morgan fingerprint density at radius 2 is 1.77 bits per heavy atom. The second-order valence-corrected chi connectivity index (χ2v) is 9.40. The molecule has 0 radical (unpaired) electrons. The van der Waals surface area contributed by atoms with Gasteiger partial charge in [0, 0.05) is 22.8 Å². The van der Waals surface area contributed by atoms with Gasteiger partial charge in [0.15, 0.2) is 0 Å². The molecule has 1 aliphatic rings. The van der Waals surface area contributed by atoms with Gasteiger partial charge >= 0.3 is 5.97 Å². The minimum Gasteiger partial charge on any atom is -0.478 e. The SMILES string of the molecule is Cc1cccc2c1CC(c1[nH]nc(/C=C/c3nnc(-c4ccc(F)cc4)o3)c1-c1ccc(C(=O)O)cc1)NC2=O. The van der Waals surface area contributed by atoms with Crippen LogP contribution in [0, 0.1) is 12.7 Å². The number of benzene rings is 3. The zero-order valence-electron chi connectivity index (χ0n) is 21.2. The van der Waals surface area contributed by atoms with E-state index in [0.717, 1.165) is 16.7 Å². The first-order valence-electron chi connectivity index (χ1n) is 12.5. The van der Waals surface area contributed by atoms with E-state index in [1.165, 1.54) is 24.3 Å². The van der Waals surface area contributed by atoms with Crippen molar-refractivity contribution in [3.8, 4) is 22.6 Å². The highest BCUT2D eigenvalue weighted by molar-refractivity contribution is 5.97. The van der Waals surface area contributed by atoms with E-state index in [-0.39, 0.29) is 29.1 Å². The highest BCUT2D eigenvalue weighted by Crippen LogP contribution is 2.36. The van der Waals surface area contributed by atoms with E-state index >= 15 is 0 Å². The first-order valence-corrected chi connectivity index (χ1v) is 12.5. The molecule has 40 heavy (non-hydrogen) atoms. The number of hydrogen-bond donors (Lipinski definition) is 3. The fourth-order valence-corrected chi connectivity index (χ4v) is 4.84. The van der Waals surface area contributed by atoms with Gasteiger partial charge < -0.3 is 14.8 Å².